The second kappa shape index (κ2) is 14.2. The average Bonchev–Trinajstić information content (AvgIpc) is 2.49. The van der Waals surface area contributed by atoms with Gasteiger partial charge in [0.2, 0.25) is 0 Å². The summed E-state index contributed by atoms with van der Waals surface area (Å²) in [6.45, 7) is 2.09. The van der Waals surface area contributed by atoms with E-state index in [1.165, 1.54) is 0 Å². The molecule has 0 radical (unpaired) electrons. The van der Waals surface area contributed by atoms with Gasteiger partial charge in [0.15, 0.2) is 0 Å². The Morgan fingerprint density at radius 1 is 0.917 bits per heavy atom. The standard InChI is InChI=1S/C18H32O5S/c1-2-3-4-11-14-17(24(21,22)23)15-12-9-7-5-6-8-10-13-16-18(19)20/h9,12,14H,2-8,10-11,13,15-16H2,1H3,(H,19,20)(H,21,22,23)/b12-9+,17-14-. The lowest BCUT2D eigenvalue weighted by Crippen LogP contribution is -2.01. The molecule has 0 aliphatic carbocycles. The summed E-state index contributed by atoms with van der Waals surface area (Å²) in [5, 5.41) is 8.52. The van der Waals surface area contributed by atoms with E-state index in [4.69, 9.17) is 5.11 Å². The van der Waals surface area contributed by atoms with Gasteiger partial charge in [-0.1, -0.05) is 57.3 Å². The van der Waals surface area contributed by atoms with Crippen LogP contribution in [0.2, 0.25) is 0 Å². The first-order valence-electron chi connectivity index (χ1n) is 8.91. The number of aliphatic carboxylic acids is 1. The molecule has 0 saturated heterocycles. The second-order valence-electron chi connectivity index (χ2n) is 6.02. The van der Waals surface area contributed by atoms with E-state index in [0.717, 1.165) is 57.8 Å². The van der Waals surface area contributed by atoms with Gasteiger partial charge in [0.1, 0.15) is 0 Å². The highest BCUT2D eigenvalue weighted by Gasteiger charge is 2.11. The van der Waals surface area contributed by atoms with E-state index in [0.29, 0.717) is 6.42 Å². The maximum Gasteiger partial charge on any atom is 0.303 e. The lowest BCUT2D eigenvalue weighted by molar-refractivity contribution is -0.137. The first kappa shape index (κ1) is 22.9. The Labute approximate surface area is 146 Å². The Hall–Kier alpha value is -1.14. The van der Waals surface area contributed by atoms with Crippen LogP contribution in [0.5, 0.6) is 0 Å². The van der Waals surface area contributed by atoms with Gasteiger partial charge < -0.3 is 5.11 Å². The third-order valence-corrected chi connectivity index (χ3v) is 4.75. The molecule has 2 N–H and O–H groups in total. The zero-order valence-electron chi connectivity index (χ0n) is 14.7. The average molecular weight is 361 g/mol. The first-order valence-corrected chi connectivity index (χ1v) is 10.3. The zero-order valence-corrected chi connectivity index (χ0v) is 15.6. The molecule has 0 bridgehead atoms. The number of carboxylic acids is 1. The van der Waals surface area contributed by atoms with Crippen LogP contribution in [0.25, 0.3) is 0 Å². The smallest absolute Gasteiger partial charge is 0.303 e. The maximum atomic E-state index is 11.3. The van der Waals surface area contributed by atoms with Crippen LogP contribution in [0.1, 0.15) is 84.0 Å². The number of hydrogen-bond acceptors (Lipinski definition) is 3. The number of hydrogen-bond donors (Lipinski definition) is 2. The van der Waals surface area contributed by atoms with Gasteiger partial charge in [0, 0.05) is 12.8 Å². The van der Waals surface area contributed by atoms with Crippen molar-refractivity contribution in [3.8, 4) is 0 Å². The molecule has 0 amide bonds. The lowest BCUT2D eigenvalue weighted by atomic mass is 10.1. The summed E-state index contributed by atoms with van der Waals surface area (Å²) in [7, 11) is -4.10. The minimum atomic E-state index is -4.10. The van der Waals surface area contributed by atoms with Crippen LogP contribution < -0.4 is 0 Å². The Morgan fingerprint density at radius 2 is 1.54 bits per heavy atom. The van der Waals surface area contributed by atoms with E-state index in [9.17, 15) is 17.8 Å². The van der Waals surface area contributed by atoms with Crippen molar-refractivity contribution in [1.82, 2.24) is 0 Å². The third-order valence-electron chi connectivity index (χ3n) is 3.76. The van der Waals surface area contributed by atoms with Gasteiger partial charge in [-0.15, -0.1) is 0 Å². The summed E-state index contributed by atoms with van der Waals surface area (Å²) < 4.78 is 31.9. The molecule has 24 heavy (non-hydrogen) atoms. The maximum absolute atomic E-state index is 11.3. The van der Waals surface area contributed by atoms with E-state index in [-0.39, 0.29) is 17.7 Å². The lowest BCUT2D eigenvalue weighted by Gasteiger charge is -2.01. The van der Waals surface area contributed by atoms with Gasteiger partial charge in [0.05, 0.1) is 4.91 Å². The van der Waals surface area contributed by atoms with Crippen molar-refractivity contribution in [1.29, 1.82) is 0 Å². The SMILES string of the molecule is CCCCC/C=C(/C/C=C/CCCCCCCC(=O)O)S(=O)(=O)O. The fourth-order valence-corrected chi connectivity index (χ4v) is 2.97. The number of rotatable bonds is 15. The Kier molecular flexibility index (Phi) is 13.5. The molecule has 140 valence electrons. The second-order valence-corrected chi connectivity index (χ2v) is 7.49. The summed E-state index contributed by atoms with van der Waals surface area (Å²) in [4.78, 5) is 10.4. The highest BCUT2D eigenvalue weighted by molar-refractivity contribution is 7.89. The van der Waals surface area contributed by atoms with Gasteiger partial charge in [-0.2, -0.15) is 8.42 Å². The highest BCUT2D eigenvalue weighted by atomic mass is 32.2. The molecule has 0 heterocycles. The Morgan fingerprint density at radius 3 is 2.17 bits per heavy atom. The first-order chi connectivity index (χ1) is 11.4. The minimum absolute atomic E-state index is 0.0866. The zero-order chi connectivity index (χ0) is 18.3. The fourth-order valence-electron chi connectivity index (χ4n) is 2.34. The third kappa shape index (κ3) is 14.5. The van der Waals surface area contributed by atoms with Crippen LogP contribution in [0, 0.1) is 0 Å². The molecule has 5 nitrogen and oxygen atoms in total. The van der Waals surface area contributed by atoms with Gasteiger partial charge in [0.25, 0.3) is 10.1 Å². The molecule has 6 heteroatoms. The summed E-state index contributed by atoms with van der Waals surface area (Å²) in [5.41, 5.74) is 0. The van der Waals surface area contributed by atoms with Gasteiger partial charge >= 0.3 is 5.97 Å². The molecule has 0 rings (SSSR count). The molecule has 0 spiro atoms. The van der Waals surface area contributed by atoms with Crippen molar-refractivity contribution < 1.29 is 22.9 Å². The molecule has 0 saturated carbocycles. The molecule has 0 aromatic rings. The van der Waals surface area contributed by atoms with Gasteiger partial charge in [-0.3, -0.25) is 9.35 Å². The van der Waals surface area contributed by atoms with Crippen LogP contribution in [0.3, 0.4) is 0 Å². The van der Waals surface area contributed by atoms with Gasteiger partial charge in [-0.25, -0.2) is 0 Å². The predicted octanol–water partition coefficient (Wildman–Crippen LogP) is 5.10. The normalized spacial score (nSPS) is 12.8. The molecule has 0 aliphatic heterocycles. The van der Waals surface area contributed by atoms with Crippen molar-refractivity contribution >= 4 is 16.1 Å². The summed E-state index contributed by atoms with van der Waals surface area (Å²) >= 11 is 0. The fraction of sp³-hybridized carbons (Fsp3) is 0.722. The molecular weight excluding hydrogens is 328 g/mol. The Bertz CT molecular complexity index is 492. The van der Waals surface area contributed by atoms with Crippen LogP contribution in [-0.4, -0.2) is 24.0 Å². The van der Waals surface area contributed by atoms with Crippen molar-refractivity contribution in [3.63, 3.8) is 0 Å². The molecule has 0 aromatic heterocycles. The monoisotopic (exact) mass is 360 g/mol. The number of allylic oxidation sites excluding steroid dienone is 4. The van der Waals surface area contributed by atoms with E-state index in [1.807, 2.05) is 6.08 Å². The van der Waals surface area contributed by atoms with Crippen LogP contribution in [0.15, 0.2) is 23.1 Å². The summed E-state index contributed by atoms with van der Waals surface area (Å²) in [6.07, 6.45) is 15.2. The van der Waals surface area contributed by atoms with Crippen LogP contribution >= 0.6 is 0 Å². The number of carbonyl (C=O) groups is 1. The van der Waals surface area contributed by atoms with E-state index < -0.39 is 16.1 Å². The van der Waals surface area contributed by atoms with E-state index in [1.54, 1.807) is 12.2 Å². The molecule has 0 unspecified atom stereocenters. The molecule has 0 atom stereocenters. The number of carboxylic acid groups (broad SMARTS) is 1. The molecule has 0 aliphatic rings. The predicted molar refractivity (Wildman–Crippen MR) is 97.5 cm³/mol. The van der Waals surface area contributed by atoms with Crippen molar-refractivity contribution in [2.45, 2.75) is 84.0 Å². The quantitative estimate of drug-likeness (QED) is 0.241. The summed E-state index contributed by atoms with van der Waals surface area (Å²) in [5.74, 6) is -0.740. The molecular formula is C18H32O5S. The summed E-state index contributed by atoms with van der Waals surface area (Å²) in [6, 6.07) is 0. The van der Waals surface area contributed by atoms with Gasteiger partial charge in [-0.05, 0) is 32.1 Å². The van der Waals surface area contributed by atoms with Crippen molar-refractivity contribution in [2.24, 2.45) is 0 Å². The Balaban J connectivity index is 3.92. The van der Waals surface area contributed by atoms with Crippen LogP contribution in [0.4, 0.5) is 0 Å². The molecule has 0 fully saturated rings. The highest BCUT2D eigenvalue weighted by Crippen LogP contribution is 2.14. The topological polar surface area (TPSA) is 91.7 Å². The van der Waals surface area contributed by atoms with E-state index >= 15 is 0 Å². The van der Waals surface area contributed by atoms with Crippen molar-refractivity contribution in [3.05, 3.63) is 23.1 Å². The van der Waals surface area contributed by atoms with E-state index in [2.05, 4.69) is 6.92 Å². The minimum Gasteiger partial charge on any atom is -0.481 e. The van der Waals surface area contributed by atoms with Crippen LogP contribution in [-0.2, 0) is 14.9 Å². The van der Waals surface area contributed by atoms with Crippen molar-refractivity contribution in [2.75, 3.05) is 0 Å². The largest absolute Gasteiger partial charge is 0.481 e. The molecule has 0 aromatic carbocycles. The number of unbranched alkanes of at least 4 members (excludes halogenated alkanes) is 8.